The van der Waals surface area contributed by atoms with Crippen molar-refractivity contribution in [3.8, 4) is 11.4 Å². The first kappa shape index (κ1) is 26.7. The van der Waals surface area contributed by atoms with Crippen LogP contribution in [0.3, 0.4) is 0 Å². The van der Waals surface area contributed by atoms with Gasteiger partial charge in [-0.05, 0) is 35.6 Å². The summed E-state index contributed by atoms with van der Waals surface area (Å²) in [5.41, 5.74) is 3.69. The fraction of sp³-hybridized carbons (Fsp3) is 0.552. The first-order chi connectivity index (χ1) is 16.7. The number of rotatable bonds is 12. The maximum atomic E-state index is 12.0. The highest BCUT2D eigenvalue weighted by molar-refractivity contribution is 5.74. The van der Waals surface area contributed by atoms with Gasteiger partial charge in [0, 0.05) is 17.9 Å². The van der Waals surface area contributed by atoms with Gasteiger partial charge in [0.15, 0.2) is 0 Å². The first-order valence-electron chi connectivity index (χ1n) is 13.1. The minimum atomic E-state index is -0.285. The van der Waals surface area contributed by atoms with Crippen LogP contribution in [0, 0.1) is 0 Å². The number of aromatic nitrogens is 3. The molecule has 0 saturated heterocycles. The summed E-state index contributed by atoms with van der Waals surface area (Å²) in [7, 11) is 0. The minimum absolute atomic E-state index is 0.0436. The molecule has 35 heavy (non-hydrogen) atoms. The Labute approximate surface area is 209 Å². The molecular weight excluding hydrogens is 438 g/mol. The molecule has 6 heteroatoms. The van der Waals surface area contributed by atoms with E-state index >= 15 is 0 Å². The number of hydrogen-bond acceptors (Lipinski definition) is 5. The molecule has 1 heterocycles. The highest BCUT2D eigenvalue weighted by Gasteiger charge is 2.26. The average molecular weight is 480 g/mol. The number of hydrogen-bond donors (Lipinski definition) is 1. The SMILES string of the molecule is CCCCCCCCC(COC(=O)CC)c1cc(-n2nc3ccccc3n2)c(O)c(C(C)(C)C)c1. The van der Waals surface area contributed by atoms with Crippen LogP contribution < -0.4 is 0 Å². The number of benzene rings is 2. The van der Waals surface area contributed by atoms with Crippen LogP contribution in [0.4, 0.5) is 0 Å². The summed E-state index contributed by atoms with van der Waals surface area (Å²) < 4.78 is 5.61. The van der Waals surface area contributed by atoms with Gasteiger partial charge in [0.05, 0.1) is 6.61 Å². The lowest BCUT2D eigenvalue weighted by Crippen LogP contribution is -2.17. The molecule has 1 atom stereocenters. The molecule has 0 aliphatic heterocycles. The van der Waals surface area contributed by atoms with Crippen molar-refractivity contribution in [3.05, 3.63) is 47.5 Å². The summed E-state index contributed by atoms with van der Waals surface area (Å²) in [4.78, 5) is 13.5. The second-order valence-corrected chi connectivity index (χ2v) is 10.5. The van der Waals surface area contributed by atoms with Gasteiger partial charge in [0.1, 0.15) is 22.5 Å². The van der Waals surface area contributed by atoms with Crippen molar-refractivity contribution in [2.75, 3.05) is 6.61 Å². The number of nitrogens with zero attached hydrogens (tertiary/aromatic N) is 3. The highest BCUT2D eigenvalue weighted by atomic mass is 16.5. The Balaban J connectivity index is 1.98. The predicted molar refractivity (Wildman–Crippen MR) is 141 cm³/mol. The van der Waals surface area contributed by atoms with Gasteiger partial charge < -0.3 is 9.84 Å². The number of fused-ring (bicyclic) bond motifs is 1. The van der Waals surface area contributed by atoms with Crippen molar-refractivity contribution in [2.24, 2.45) is 0 Å². The number of aromatic hydroxyl groups is 1. The van der Waals surface area contributed by atoms with Gasteiger partial charge in [-0.15, -0.1) is 15.0 Å². The van der Waals surface area contributed by atoms with E-state index in [4.69, 9.17) is 4.74 Å². The molecule has 0 aliphatic rings. The molecule has 0 bridgehead atoms. The monoisotopic (exact) mass is 479 g/mol. The number of ether oxygens (including phenoxy) is 1. The number of carbonyl (C=O) groups excluding carboxylic acids is 1. The van der Waals surface area contributed by atoms with Gasteiger partial charge in [-0.2, -0.15) is 0 Å². The number of phenols is 1. The van der Waals surface area contributed by atoms with E-state index < -0.39 is 0 Å². The smallest absolute Gasteiger partial charge is 0.305 e. The Morgan fingerprint density at radius 1 is 1.00 bits per heavy atom. The summed E-state index contributed by atoms with van der Waals surface area (Å²) in [6.45, 7) is 10.6. The van der Waals surface area contributed by atoms with E-state index in [2.05, 4.69) is 44.0 Å². The minimum Gasteiger partial charge on any atom is -0.505 e. The fourth-order valence-corrected chi connectivity index (χ4v) is 4.38. The van der Waals surface area contributed by atoms with E-state index in [0.717, 1.165) is 35.0 Å². The Bertz CT molecular complexity index is 1080. The zero-order valence-corrected chi connectivity index (χ0v) is 22.0. The third kappa shape index (κ3) is 7.06. The molecule has 0 radical (unpaired) electrons. The van der Waals surface area contributed by atoms with Gasteiger partial charge in [0.25, 0.3) is 0 Å². The van der Waals surface area contributed by atoms with Crippen molar-refractivity contribution < 1.29 is 14.6 Å². The maximum Gasteiger partial charge on any atom is 0.305 e. The lowest BCUT2D eigenvalue weighted by molar-refractivity contribution is -0.143. The molecule has 0 saturated carbocycles. The molecule has 1 N–H and O–H groups in total. The summed E-state index contributed by atoms with van der Waals surface area (Å²) in [6, 6.07) is 11.7. The average Bonchev–Trinajstić information content (AvgIpc) is 3.26. The van der Waals surface area contributed by atoms with Crippen molar-refractivity contribution in [1.82, 2.24) is 15.0 Å². The summed E-state index contributed by atoms with van der Waals surface area (Å²) in [5, 5.41) is 20.5. The largest absolute Gasteiger partial charge is 0.505 e. The van der Waals surface area contributed by atoms with Gasteiger partial charge in [0.2, 0.25) is 0 Å². The van der Waals surface area contributed by atoms with Crippen LogP contribution in [0.2, 0.25) is 0 Å². The van der Waals surface area contributed by atoms with E-state index in [1.807, 2.05) is 37.3 Å². The maximum absolute atomic E-state index is 12.0. The van der Waals surface area contributed by atoms with Crippen LogP contribution in [0.1, 0.15) is 103 Å². The number of unbranched alkanes of at least 4 members (excludes halogenated alkanes) is 5. The van der Waals surface area contributed by atoms with E-state index in [1.54, 1.807) is 0 Å². The third-order valence-electron chi connectivity index (χ3n) is 6.53. The molecule has 0 amide bonds. The van der Waals surface area contributed by atoms with Gasteiger partial charge in [-0.3, -0.25) is 4.79 Å². The third-order valence-corrected chi connectivity index (χ3v) is 6.53. The Morgan fingerprint density at radius 2 is 1.63 bits per heavy atom. The summed E-state index contributed by atoms with van der Waals surface area (Å²) in [6.07, 6.45) is 8.53. The summed E-state index contributed by atoms with van der Waals surface area (Å²) >= 11 is 0. The molecule has 1 aromatic heterocycles. The normalized spacial score (nSPS) is 12.7. The van der Waals surface area contributed by atoms with Crippen molar-refractivity contribution in [3.63, 3.8) is 0 Å². The molecule has 6 nitrogen and oxygen atoms in total. The number of carbonyl (C=O) groups is 1. The van der Waals surface area contributed by atoms with Crippen LogP contribution in [0.25, 0.3) is 16.7 Å². The second-order valence-electron chi connectivity index (χ2n) is 10.5. The van der Waals surface area contributed by atoms with Crippen LogP contribution in [0.15, 0.2) is 36.4 Å². The van der Waals surface area contributed by atoms with Gasteiger partial charge >= 0.3 is 5.97 Å². The van der Waals surface area contributed by atoms with E-state index in [1.165, 1.54) is 36.9 Å². The molecule has 2 aromatic carbocycles. The molecule has 0 aliphatic carbocycles. The summed E-state index contributed by atoms with van der Waals surface area (Å²) in [5.74, 6) is 0.0421. The molecule has 0 spiro atoms. The van der Waals surface area contributed by atoms with Crippen molar-refractivity contribution in [2.45, 2.75) is 97.3 Å². The molecule has 190 valence electrons. The topological polar surface area (TPSA) is 77.2 Å². The molecule has 0 fully saturated rings. The zero-order valence-electron chi connectivity index (χ0n) is 22.0. The van der Waals surface area contributed by atoms with Crippen LogP contribution >= 0.6 is 0 Å². The van der Waals surface area contributed by atoms with Gasteiger partial charge in [-0.25, -0.2) is 0 Å². The number of phenolic OH excluding ortho intramolecular Hbond substituents is 1. The quantitative estimate of drug-likeness (QED) is 0.219. The Morgan fingerprint density at radius 3 is 2.23 bits per heavy atom. The molecule has 3 rings (SSSR count). The lowest BCUT2D eigenvalue weighted by Gasteiger charge is -2.25. The molecule has 1 unspecified atom stereocenters. The van der Waals surface area contributed by atoms with Crippen LogP contribution in [-0.4, -0.2) is 32.7 Å². The Kier molecular flexibility index (Phi) is 9.30. The first-order valence-corrected chi connectivity index (χ1v) is 13.1. The van der Waals surface area contributed by atoms with Crippen molar-refractivity contribution in [1.29, 1.82) is 0 Å². The number of esters is 1. The lowest BCUT2D eigenvalue weighted by atomic mass is 9.82. The molecular formula is C29H41N3O3. The van der Waals surface area contributed by atoms with Crippen LogP contribution in [-0.2, 0) is 14.9 Å². The van der Waals surface area contributed by atoms with E-state index in [0.29, 0.717) is 18.7 Å². The van der Waals surface area contributed by atoms with E-state index in [9.17, 15) is 9.90 Å². The van der Waals surface area contributed by atoms with E-state index in [-0.39, 0.29) is 23.1 Å². The fourth-order valence-electron chi connectivity index (χ4n) is 4.38. The standard InChI is InChI=1S/C29H41N3O3/c1-6-8-9-10-11-12-15-21(20-35-27(33)7-2)22-18-23(29(3,4)5)28(34)26(19-22)32-30-24-16-13-14-17-25(24)31-32/h13-14,16-19,21,34H,6-12,15,20H2,1-5H3. The highest BCUT2D eigenvalue weighted by Crippen LogP contribution is 2.39. The van der Waals surface area contributed by atoms with Crippen molar-refractivity contribution >= 4 is 17.0 Å². The Hall–Kier alpha value is -2.89. The predicted octanol–water partition coefficient (Wildman–Crippen LogP) is 7.21. The zero-order chi connectivity index (χ0) is 25.4. The van der Waals surface area contributed by atoms with Crippen LogP contribution in [0.5, 0.6) is 5.75 Å². The van der Waals surface area contributed by atoms with Gasteiger partial charge in [-0.1, -0.05) is 91.3 Å². The molecule has 3 aromatic rings. The second kappa shape index (κ2) is 12.2.